The Bertz CT molecular complexity index is 633. The van der Waals surface area contributed by atoms with Crippen molar-refractivity contribution in [1.29, 1.82) is 0 Å². The molecular formula is C17H23N3O4. The van der Waals surface area contributed by atoms with Gasteiger partial charge in [-0.1, -0.05) is 11.2 Å². The van der Waals surface area contributed by atoms with Crippen LogP contribution in [-0.4, -0.2) is 32.8 Å². The maximum absolute atomic E-state index is 11.3. The number of carbonyl (C=O) groups is 1. The molecule has 1 fully saturated rings. The number of hydrogen-bond acceptors (Lipinski definition) is 5. The van der Waals surface area contributed by atoms with Gasteiger partial charge in [-0.15, -0.1) is 0 Å². The molecule has 0 aromatic heterocycles. The topological polar surface area (TPSA) is 93.5 Å². The lowest BCUT2D eigenvalue weighted by molar-refractivity contribution is -0.143. The van der Waals surface area contributed by atoms with E-state index in [1.54, 1.807) is 14.2 Å². The quantitative estimate of drug-likeness (QED) is 0.343. The first-order valence-corrected chi connectivity index (χ1v) is 7.95. The number of hydrogen-bond donors (Lipinski definition) is 0. The molecule has 0 atom stereocenters. The van der Waals surface area contributed by atoms with Crippen LogP contribution in [0.5, 0.6) is 11.5 Å². The Morgan fingerprint density at radius 2 is 1.96 bits per heavy atom. The molecule has 7 nitrogen and oxygen atoms in total. The third-order valence-corrected chi connectivity index (χ3v) is 4.67. The fourth-order valence-electron chi connectivity index (χ4n) is 3.27. The van der Waals surface area contributed by atoms with Crippen LogP contribution in [0.4, 0.5) is 0 Å². The molecule has 0 unspecified atom stereocenters. The van der Waals surface area contributed by atoms with E-state index >= 15 is 0 Å². The largest absolute Gasteiger partial charge is 0.493 e. The summed E-state index contributed by atoms with van der Waals surface area (Å²) >= 11 is 0. The summed E-state index contributed by atoms with van der Waals surface area (Å²) in [5.74, 6) is 1.01. The van der Waals surface area contributed by atoms with Crippen LogP contribution in [-0.2, 0) is 14.9 Å². The van der Waals surface area contributed by atoms with Gasteiger partial charge in [0.2, 0.25) is 0 Å². The number of carbonyl (C=O) groups excluding carboxylic acids is 1. The van der Waals surface area contributed by atoms with Gasteiger partial charge in [0.05, 0.1) is 14.2 Å². The maximum atomic E-state index is 11.3. The van der Waals surface area contributed by atoms with Gasteiger partial charge < -0.3 is 14.2 Å². The van der Waals surface area contributed by atoms with Crippen LogP contribution in [0.25, 0.3) is 10.4 Å². The first-order chi connectivity index (χ1) is 11.5. The number of rotatable bonds is 6. The van der Waals surface area contributed by atoms with Gasteiger partial charge in [-0.25, -0.2) is 0 Å². The second kappa shape index (κ2) is 7.93. The molecule has 24 heavy (non-hydrogen) atoms. The smallest absolute Gasteiger partial charge is 0.302 e. The van der Waals surface area contributed by atoms with Gasteiger partial charge in [-0.2, -0.15) is 0 Å². The minimum absolute atomic E-state index is 0.000553. The molecule has 1 aromatic rings. The van der Waals surface area contributed by atoms with Crippen LogP contribution >= 0.6 is 0 Å². The molecule has 0 N–H and O–H groups in total. The summed E-state index contributed by atoms with van der Waals surface area (Å²) < 4.78 is 16.0. The number of azide groups is 1. The third kappa shape index (κ3) is 3.92. The summed E-state index contributed by atoms with van der Waals surface area (Å²) in [6.45, 7) is 1.72. The molecule has 0 bridgehead atoms. The minimum atomic E-state index is -0.299. The summed E-state index contributed by atoms with van der Waals surface area (Å²) in [4.78, 5) is 14.2. The van der Waals surface area contributed by atoms with E-state index < -0.39 is 0 Å². The predicted molar refractivity (Wildman–Crippen MR) is 89.3 cm³/mol. The van der Waals surface area contributed by atoms with Crippen LogP contribution < -0.4 is 9.47 Å². The lowest BCUT2D eigenvalue weighted by atomic mass is 9.68. The van der Waals surface area contributed by atoms with Gasteiger partial charge in [0.15, 0.2) is 11.5 Å². The molecule has 0 aliphatic heterocycles. The highest BCUT2D eigenvalue weighted by atomic mass is 16.5. The monoisotopic (exact) mass is 333 g/mol. The zero-order valence-electron chi connectivity index (χ0n) is 14.3. The van der Waals surface area contributed by atoms with Gasteiger partial charge in [0.25, 0.3) is 0 Å². The zero-order chi connectivity index (χ0) is 17.6. The van der Waals surface area contributed by atoms with Crippen LogP contribution in [0.1, 0.15) is 38.2 Å². The Balaban J connectivity index is 2.32. The van der Waals surface area contributed by atoms with Crippen LogP contribution in [0.3, 0.4) is 0 Å². The Morgan fingerprint density at radius 3 is 2.50 bits per heavy atom. The van der Waals surface area contributed by atoms with E-state index in [1.807, 2.05) is 18.2 Å². The highest BCUT2D eigenvalue weighted by Crippen LogP contribution is 2.43. The predicted octanol–water partition coefficient (Wildman–Crippen LogP) is 3.76. The molecule has 0 spiro atoms. The number of benzene rings is 1. The fourth-order valence-corrected chi connectivity index (χ4v) is 3.27. The highest BCUT2D eigenvalue weighted by molar-refractivity contribution is 5.66. The zero-order valence-corrected chi connectivity index (χ0v) is 14.3. The highest BCUT2D eigenvalue weighted by Gasteiger charge is 2.38. The molecule has 1 aliphatic rings. The van der Waals surface area contributed by atoms with Crippen molar-refractivity contribution >= 4 is 5.97 Å². The Morgan fingerprint density at radius 1 is 1.29 bits per heavy atom. The molecule has 1 saturated carbocycles. The second-order valence-corrected chi connectivity index (χ2v) is 6.07. The van der Waals surface area contributed by atoms with Crippen molar-refractivity contribution in [2.45, 2.75) is 44.1 Å². The van der Waals surface area contributed by atoms with Gasteiger partial charge in [-0.3, -0.25) is 4.79 Å². The van der Waals surface area contributed by atoms with Crippen molar-refractivity contribution in [3.05, 3.63) is 34.2 Å². The molecule has 1 aromatic carbocycles. The van der Waals surface area contributed by atoms with Crippen LogP contribution in [0.2, 0.25) is 0 Å². The Labute approximate surface area is 141 Å². The van der Waals surface area contributed by atoms with Crippen molar-refractivity contribution in [3.8, 4) is 11.5 Å². The van der Waals surface area contributed by atoms with E-state index in [2.05, 4.69) is 10.0 Å². The molecule has 2 rings (SSSR count). The molecule has 7 heteroatoms. The van der Waals surface area contributed by atoms with E-state index in [0.29, 0.717) is 18.1 Å². The second-order valence-electron chi connectivity index (χ2n) is 6.07. The van der Waals surface area contributed by atoms with E-state index in [1.165, 1.54) is 6.92 Å². The Hall–Kier alpha value is -2.40. The van der Waals surface area contributed by atoms with Gasteiger partial charge >= 0.3 is 5.97 Å². The number of methoxy groups -OCH3 is 2. The van der Waals surface area contributed by atoms with Crippen molar-refractivity contribution in [2.24, 2.45) is 5.11 Å². The molecular weight excluding hydrogens is 310 g/mol. The maximum Gasteiger partial charge on any atom is 0.302 e. The van der Waals surface area contributed by atoms with E-state index in [4.69, 9.17) is 19.7 Å². The van der Waals surface area contributed by atoms with Crippen molar-refractivity contribution < 1.29 is 19.0 Å². The summed E-state index contributed by atoms with van der Waals surface area (Å²) in [7, 11) is 3.19. The van der Waals surface area contributed by atoms with Crippen molar-refractivity contribution in [1.82, 2.24) is 0 Å². The van der Waals surface area contributed by atoms with E-state index in [0.717, 1.165) is 31.2 Å². The molecule has 1 aliphatic carbocycles. The van der Waals surface area contributed by atoms with Gasteiger partial charge in [0, 0.05) is 23.3 Å². The van der Waals surface area contributed by atoms with Crippen molar-refractivity contribution in [2.75, 3.05) is 20.8 Å². The first kappa shape index (κ1) is 17.9. The molecule has 0 saturated heterocycles. The lowest BCUT2D eigenvalue weighted by Gasteiger charge is -2.39. The van der Waals surface area contributed by atoms with Gasteiger partial charge in [0.1, 0.15) is 6.61 Å². The van der Waals surface area contributed by atoms with E-state index in [-0.39, 0.29) is 17.4 Å². The summed E-state index contributed by atoms with van der Waals surface area (Å²) in [5, 5.41) is 3.83. The SMILES string of the molecule is COc1ccc(C2(COC(C)=O)CCC(N=[N+]=[N-])CC2)cc1OC. The third-order valence-electron chi connectivity index (χ3n) is 4.67. The normalized spacial score (nSPS) is 23.0. The summed E-state index contributed by atoms with van der Waals surface area (Å²) in [6.07, 6.45) is 3.08. The first-order valence-electron chi connectivity index (χ1n) is 7.95. The average Bonchev–Trinajstić information content (AvgIpc) is 2.61. The van der Waals surface area contributed by atoms with E-state index in [9.17, 15) is 4.79 Å². The number of ether oxygens (including phenoxy) is 3. The standard InChI is InChI=1S/C17H23N3O4/c1-12(21)24-11-17(8-6-14(7-9-17)19-20-18)13-4-5-15(22-2)16(10-13)23-3/h4-5,10,14H,6-9,11H2,1-3H3. The number of nitrogens with zero attached hydrogens (tertiary/aromatic N) is 3. The molecule has 130 valence electrons. The van der Waals surface area contributed by atoms with Gasteiger partial charge in [-0.05, 0) is 48.9 Å². The Kier molecular flexibility index (Phi) is 5.93. The molecule has 0 radical (unpaired) electrons. The fraction of sp³-hybridized carbons (Fsp3) is 0.588. The van der Waals surface area contributed by atoms with Crippen molar-refractivity contribution in [3.63, 3.8) is 0 Å². The molecule has 0 amide bonds. The summed E-state index contributed by atoms with van der Waals surface area (Å²) in [6, 6.07) is 5.79. The summed E-state index contributed by atoms with van der Waals surface area (Å²) in [5.41, 5.74) is 9.37. The number of esters is 1. The lowest BCUT2D eigenvalue weighted by Crippen LogP contribution is -2.38. The van der Waals surface area contributed by atoms with Crippen LogP contribution in [0, 0.1) is 0 Å². The van der Waals surface area contributed by atoms with Crippen LogP contribution in [0.15, 0.2) is 23.3 Å². The molecule has 0 heterocycles. The minimum Gasteiger partial charge on any atom is -0.493 e. The average molecular weight is 333 g/mol.